The highest BCUT2D eigenvalue weighted by Crippen LogP contribution is 2.31. The summed E-state index contributed by atoms with van der Waals surface area (Å²) >= 11 is 0. The number of nitrogens with zero attached hydrogens (tertiary/aromatic N) is 1. The van der Waals surface area contributed by atoms with Crippen LogP contribution in [0.25, 0.3) is 11.3 Å². The SMILES string of the molecule is COc1c(C)cc(-c2ncccc2N)cc1C. The van der Waals surface area contributed by atoms with Crippen LogP contribution in [0.5, 0.6) is 5.75 Å². The Labute approximate surface area is 101 Å². The standard InChI is InChI=1S/C14H16N2O/c1-9-7-11(8-10(2)14(9)17-3)13-12(15)5-4-6-16-13/h4-8H,15H2,1-3H3. The molecule has 0 unspecified atom stereocenters. The van der Waals surface area contributed by atoms with Crippen LogP contribution in [0.1, 0.15) is 11.1 Å². The van der Waals surface area contributed by atoms with Crippen LogP contribution < -0.4 is 10.5 Å². The van der Waals surface area contributed by atoms with Crippen LogP contribution in [0.4, 0.5) is 5.69 Å². The number of rotatable bonds is 2. The van der Waals surface area contributed by atoms with Gasteiger partial charge >= 0.3 is 0 Å². The predicted octanol–water partition coefficient (Wildman–Crippen LogP) is 2.96. The van der Waals surface area contributed by atoms with Gasteiger partial charge in [0.1, 0.15) is 5.75 Å². The van der Waals surface area contributed by atoms with Crippen LogP contribution >= 0.6 is 0 Å². The van der Waals surface area contributed by atoms with Crippen molar-refractivity contribution in [2.24, 2.45) is 0 Å². The maximum Gasteiger partial charge on any atom is 0.124 e. The number of hydrogen-bond donors (Lipinski definition) is 1. The van der Waals surface area contributed by atoms with Gasteiger partial charge in [-0.2, -0.15) is 0 Å². The van der Waals surface area contributed by atoms with Gasteiger partial charge in [-0.3, -0.25) is 4.98 Å². The molecule has 0 fully saturated rings. The van der Waals surface area contributed by atoms with E-state index in [2.05, 4.69) is 4.98 Å². The zero-order valence-electron chi connectivity index (χ0n) is 10.3. The molecule has 1 heterocycles. The number of nitrogen functional groups attached to an aromatic ring is 1. The highest BCUT2D eigenvalue weighted by molar-refractivity contribution is 5.74. The van der Waals surface area contributed by atoms with E-state index in [0.717, 1.165) is 28.1 Å². The third kappa shape index (κ3) is 2.09. The highest BCUT2D eigenvalue weighted by atomic mass is 16.5. The molecule has 3 heteroatoms. The molecule has 88 valence electrons. The van der Waals surface area contributed by atoms with E-state index >= 15 is 0 Å². The average Bonchev–Trinajstić information content (AvgIpc) is 2.29. The van der Waals surface area contributed by atoms with Crippen molar-refractivity contribution >= 4 is 5.69 Å². The molecule has 0 atom stereocenters. The van der Waals surface area contributed by atoms with Crippen molar-refractivity contribution in [3.05, 3.63) is 41.6 Å². The number of benzene rings is 1. The Kier molecular flexibility index (Phi) is 3.00. The van der Waals surface area contributed by atoms with Gasteiger partial charge in [-0.1, -0.05) is 0 Å². The fourth-order valence-corrected chi connectivity index (χ4v) is 2.07. The van der Waals surface area contributed by atoms with Gasteiger partial charge in [0.25, 0.3) is 0 Å². The Morgan fingerprint density at radius 3 is 2.35 bits per heavy atom. The number of ether oxygens (including phenoxy) is 1. The molecule has 0 spiro atoms. The Bertz CT molecular complexity index is 527. The molecule has 17 heavy (non-hydrogen) atoms. The molecule has 0 radical (unpaired) electrons. The molecular formula is C14H16N2O. The first kappa shape index (κ1) is 11.5. The van der Waals surface area contributed by atoms with Gasteiger partial charge in [-0.15, -0.1) is 0 Å². The van der Waals surface area contributed by atoms with Crippen molar-refractivity contribution in [3.63, 3.8) is 0 Å². The van der Waals surface area contributed by atoms with Gasteiger partial charge in [0, 0.05) is 11.8 Å². The van der Waals surface area contributed by atoms with Crippen molar-refractivity contribution in [2.45, 2.75) is 13.8 Å². The molecule has 0 amide bonds. The quantitative estimate of drug-likeness (QED) is 0.859. The van der Waals surface area contributed by atoms with Gasteiger partial charge < -0.3 is 10.5 Å². The summed E-state index contributed by atoms with van der Waals surface area (Å²) in [5.74, 6) is 0.920. The molecular weight excluding hydrogens is 212 g/mol. The smallest absolute Gasteiger partial charge is 0.124 e. The normalized spacial score (nSPS) is 10.3. The Hall–Kier alpha value is -2.03. The predicted molar refractivity (Wildman–Crippen MR) is 70.1 cm³/mol. The van der Waals surface area contributed by atoms with E-state index in [1.807, 2.05) is 38.1 Å². The zero-order valence-corrected chi connectivity index (χ0v) is 10.3. The second-order valence-corrected chi connectivity index (χ2v) is 4.08. The summed E-state index contributed by atoms with van der Waals surface area (Å²) in [6, 6.07) is 7.79. The van der Waals surface area contributed by atoms with Gasteiger partial charge in [0.15, 0.2) is 0 Å². The molecule has 0 saturated carbocycles. The Morgan fingerprint density at radius 2 is 1.82 bits per heavy atom. The second kappa shape index (κ2) is 4.45. The molecule has 0 aliphatic heterocycles. The van der Waals surface area contributed by atoms with Crippen molar-refractivity contribution in [2.75, 3.05) is 12.8 Å². The second-order valence-electron chi connectivity index (χ2n) is 4.08. The van der Waals surface area contributed by atoms with E-state index in [1.165, 1.54) is 0 Å². The third-order valence-electron chi connectivity index (χ3n) is 2.78. The summed E-state index contributed by atoms with van der Waals surface area (Å²) < 4.78 is 5.35. The van der Waals surface area contributed by atoms with Crippen LogP contribution in [0, 0.1) is 13.8 Å². The minimum atomic E-state index is 0.691. The fraction of sp³-hybridized carbons (Fsp3) is 0.214. The van der Waals surface area contributed by atoms with Crippen molar-refractivity contribution in [1.29, 1.82) is 0 Å². The summed E-state index contributed by atoms with van der Waals surface area (Å²) in [5, 5.41) is 0. The summed E-state index contributed by atoms with van der Waals surface area (Å²) in [6.07, 6.45) is 1.75. The number of methoxy groups -OCH3 is 1. The summed E-state index contributed by atoms with van der Waals surface area (Å²) in [4.78, 5) is 4.32. The Morgan fingerprint density at radius 1 is 1.18 bits per heavy atom. The lowest BCUT2D eigenvalue weighted by atomic mass is 10.0. The average molecular weight is 228 g/mol. The summed E-state index contributed by atoms with van der Waals surface area (Å²) in [6.45, 7) is 4.04. The first-order valence-electron chi connectivity index (χ1n) is 5.49. The van der Waals surface area contributed by atoms with Crippen LogP contribution in [-0.4, -0.2) is 12.1 Å². The lowest BCUT2D eigenvalue weighted by molar-refractivity contribution is 0.408. The largest absolute Gasteiger partial charge is 0.496 e. The van der Waals surface area contributed by atoms with E-state index in [-0.39, 0.29) is 0 Å². The van der Waals surface area contributed by atoms with Crippen LogP contribution in [0.3, 0.4) is 0 Å². The maximum atomic E-state index is 5.93. The molecule has 2 rings (SSSR count). The molecule has 2 aromatic rings. The topological polar surface area (TPSA) is 48.1 Å². The monoisotopic (exact) mass is 228 g/mol. The number of pyridine rings is 1. The van der Waals surface area contributed by atoms with E-state index < -0.39 is 0 Å². The number of anilines is 1. The molecule has 0 aliphatic carbocycles. The van der Waals surface area contributed by atoms with Crippen molar-refractivity contribution in [1.82, 2.24) is 4.98 Å². The Balaban J connectivity index is 2.59. The number of hydrogen-bond acceptors (Lipinski definition) is 3. The lowest BCUT2D eigenvalue weighted by Crippen LogP contribution is -1.96. The highest BCUT2D eigenvalue weighted by Gasteiger charge is 2.09. The number of aromatic nitrogens is 1. The fourth-order valence-electron chi connectivity index (χ4n) is 2.07. The minimum Gasteiger partial charge on any atom is -0.496 e. The van der Waals surface area contributed by atoms with Crippen molar-refractivity contribution in [3.8, 4) is 17.0 Å². The minimum absolute atomic E-state index is 0.691. The summed E-state index contributed by atoms with van der Waals surface area (Å²) in [7, 11) is 1.68. The maximum absolute atomic E-state index is 5.93. The molecule has 1 aromatic carbocycles. The molecule has 1 aromatic heterocycles. The van der Waals surface area contributed by atoms with Crippen LogP contribution in [0.2, 0.25) is 0 Å². The summed E-state index contributed by atoms with van der Waals surface area (Å²) in [5.41, 5.74) is 10.6. The van der Waals surface area contributed by atoms with E-state index in [4.69, 9.17) is 10.5 Å². The third-order valence-corrected chi connectivity index (χ3v) is 2.78. The first-order chi connectivity index (χ1) is 8.13. The van der Waals surface area contributed by atoms with Gasteiger partial charge in [-0.05, 0) is 49.2 Å². The van der Waals surface area contributed by atoms with Gasteiger partial charge in [0.2, 0.25) is 0 Å². The van der Waals surface area contributed by atoms with Crippen LogP contribution in [0.15, 0.2) is 30.5 Å². The lowest BCUT2D eigenvalue weighted by Gasteiger charge is -2.12. The van der Waals surface area contributed by atoms with E-state index in [0.29, 0.717) is 5.69 Å². The number of aryl methyl sites for hydroxylation is 2. The van der Waals surface area contributed by atoms with Crippen LogP contribution in [-0.2, 0) is 0 Å². The molecule has 0 bridgehead atoms. The van der Waals surface area contributed by atoms with Gasteiger partial charge in [0.05, 0.1) is 18.5 Å². The van der Waals surface area contributed by atoms with Crippen molar-refractivity contribution < 1.29 is 4.74 Å². The number of nitrogens with two attached hydrogens (primary N) is 1. The molecule has 2 N–H and O–H groups in total. The molecule has 0 saturated heterocycles. The van der Waals surface area contributed by atoms with E-state index in [1.54, 1.807) is 13.3 Å². The molecule has 0 aliphatic rings. The first-order valence-corrected chi connectivity index (χ1v) is 5.49. The van der Waals surface area contributed by atoms with Gasteiger partial charge in [-0.25, -0.2) is 0 Å². The molecule has 3 nitrogen and oxygen atoms in total. The van der Waals surface area contributed by atoms with E-state index in [9.17, 15) is 0 Å². The zero-order chi connectivity index (χ0) is 12.4.